The highest BCUT2D eigenvalue weighted by atomic mass is 35.5. The lowest BCUT2D eigenvalue weighted by atomic mass is 9.88. The van der Waals surface area contributed by atoms with E-state index in [1.54, 1.807) is 0 Å². The second-order valence-corrected chi connectivity index (χ2v) is 11.6. The van der Waals surface area contributed by atoms with E-state index in [9.17, 15) is 13.2 Å². The molecule has 0 aliphatic carbocycles. The van der Waals surface area contributed by atoms with Gasteiger partial charge in [-0.2, -0.15) is 4.31 Å². The van der Waals surface area contributed by atoms with Crippen LogP contribution >= 0.6 is 12.4 Å². The van der Waals surface area contributed by atoms with E-state index in [0.717, 1.165) is 5.56 Å². The third kappa shape index (κ3) is 5.61. The standard InChI is InChI=1S/C30H30N2O4S.ClH/c1-21(27-13-7-11-22-10-5-6-12-28(22)27)31-18-25-19-32(20-29(25)23-8-3-2-4-9-23)37(35,36)26-16-14-24(15-17-26)30(33)34;/h2-17,21,25,29,31H,18-20H2,1H3,(H,33,34);1H/t21-,25+,29-;/m1./s1. The Morgan fingerprint density at radius 3 is 2.29 bits per heavy atom. The van der Waals surface area contributed by atoms with Gasteiger partial charge in [0.1, 0.15) is 0 Å². The van der Waals surface area contributed by atoms with Gasteiger partial charge in [-0.3, -0.25) is 0 Å². The average molecular weight is 551 g/mol. The summed E-state index contributed by atoms with van der Waals surface area (Å²) in [5.74, 6) is -0.963. The molecule has 0 saturated carbocycles. The molecule has 1 saturated heterocycles. The maximum atomic E-state index is 13.5. The normalized spacial score (nSPS) is 18.7. The Balaban J connectivity index is 0.00000336. The fourth-order valence-corrected chi connectivity index (χ4v) is 6.82. The summed E-state index contributed by atoms with van der Waals surface area (Å²) < 4.78 is 28.5. The van der Waals surface area contributed by atoms with Crippen LogP contribution in [0.1, 0.15) is 40.4 Å². The van der Waals surface area contributed by atoms with Gasteiger partial charge >= 0.3 is 5.97 Å². The van der Waals surface area contributed by atoms with Gasteiger partial charge in [-0.05, 0) is 59.0 Å². The molecule has 8 heteroatoms. The molecule has 3 atom stereocenters. The Hall–Kier alpha value is -3.23. The molecule has 0 spiro atoms. The maximum Gasteiger partial charge on any atom is 0.335 e. The number of carboxylic acids is 1. The minimum atomic E-state index is -3.76. The van der Waals surface area contributed by atoms with Gasteiger partial charge in [0.05, 0.1) is 10.5 Å². The first kappa shape index (κ1) is 27.8. The highest BCUT2D eigenvalue weighted by Gasteiger charge is 2.40. The third-order valence-corrected chi connectivity index (χ3v) is 9.20. The summed E-state index contributed by atoms with van der Waals surface area (Å²) in [5, 5.41) is 15.3. The average Bonchev–Trinajstić information content (AvgIpc) is 3.37. The quantitative estimate of drug-likeness (QED) is 0.293. The Morgan fingerprint density at radius 2 is 1.58 bits per heavy atom. The van der Waals surface area contributed by atoms with Crippen LogP contribution in [-0.4, -0.2) is 43.4 Å². The van der Waals surface area contributed by atoms with E-state index < -0.39 is 16.0 Å². The number of rotatable bonds is 8. The van der Waals surface area contributed by atoms with Crippen molar-refractivity contribution in [1.82, 2.24) is 9.62 Å². The summed E-state index contributed by atoms with van der Waals surface area (Å²) in [5.41, 5.74) is 2.40. The molecule has 1 aliphatic heterocycles. The van der Waals surface area contributed by atoms with Crippen molar-refractivity contribution in [3.8, 4) is 0 Å². The second-order valence-electron chi connectivity index (χ2n) is 9.63. The van der Waals surface area contributed by atoms with Gasteiger partial charge in [0.2, 0.25) is 10.0 Å². The van der Waals surface area contributed by atoms with Crippen LogP contribution in [-0.2, 0) is 10.0 Å². The lowest BCUT2D eigenvalue weighted by Gasteiger charge is -2.23. The van der Waals surface area contributed by atoms with Crippen LogP contribution in [0.4, 0.5) is 0 Å². The van der Waals surface area contributed by atoms with E-state index >= 15 is 0 Å². The highest BCUT2D eigenvalue weighted by Crippen LogP contribution is 2.36. The zero-order valence-corrected chi connectivity index (χ0v) is 22.7. The van der Waals surface area contributed by atoms with Crippen LogP contribution in [0.2, 0.25) is 0 Å². The van der Waals surface area contributed by atoms with Crippen molar-refractivity contribution >= 4 is 39.2 Å². The molecule has 0 radical (unpaired) electrons. The van der Waals surface area contributed by atoms with Crippen LogP contribution < -0.4 is 5.32 Å². The minimum absolute atomic E-state index is 0. The van der Waals surface area contributed by atoms with Gasteiger partial charge in [-0.15, -0.1) is 12.4 Å². The number of nitrogens with one attached hydrogen (secondary N) is 1. The monoisotopic (exact) mass is 550 g/mol. The van der Waals surface area contributed by atoms with Crippen molar-refractivity contribution in [2.75, 3.05) is 19.6 Å². The number of hydrogen-bond acceptors (Lipinski definition) is 4. The summed E-state index contributed by atoms with van der Waals surface area (Å²) in [6.07, 6.45) is 0. The minimum Gasteiger partial charge on any atom is -0.478 e. The Morgan fingerprint density at radius 1 is 0.921 bits per heavy atom. The molecule has 4 aromatic rings. The lowest BCUT2D eigenvalue weighted by Crippen LogP contribution is -2.32. The summed E-state index contributed by atoms with van der Waals surface area (Å²) in [4.78, 5) is 11.3. The molecule has 38 heavy (non-hydrogen) atoms. The van der Waals surface area contributed by atoms with Crippen LogP contribution in [0, 0.1) is 5.92 Å². The molecule has 0 bridgehead atoms. The second kappa shape index (κ2) is 11.7. The topological polar surface area (TPSA) is 86.7 Å². The predicted molar refractivity (Wildman–Crippen MR) is 152 cm³/mol. The van der Waals surface area contributed by atoms with Crippen molar-refractivity contribution in [2.45, 2.75) is 23.8 Å². The molecule has 5 rings (SSSR count). The molecule has 2 N–H and O–H groups in total. The zero-order valence-electron chi connectivity index (χ0n) is 21.0. The van der Waals surface area contributed by atoms with Crippen molar-refractivity contribution < 1.29 is 18.3 Å². The van der Waals surface area contributed by atoms with Crippen molar-refractivity contribution in [1.29, 1.82) is 0 Å². The van der Waals surface area contributed by atoms with Gasteiger partial charge in [0.25, 0.3) is 0 Å². The van der Waals surface area contributed by atoms with Crippen LogP contribution in [0.25, 0.3) is 10.8 Å². The number of hydrogen-bond donors (Lipinski definition) is 2. The van der Waals surface area contributed by atoms with E-state index in [1.807, 2.05) is 30.3 Å². The molecule has 6 nitrogen and oxygen atoms in total. The van der Waals surface area contributed by atoms with Crippen molar-refractivity contribution in [2.24, 2.45) is 5.92 Å². The van der Waals surface area contributed by atoms with Crippen LogP contribution in [0.15, 0.2) is 102 Å². The smallest absolute Gasteiger partial charge is 0.335 e. The van der Waals surface area contributed by atoms with Gasteiger partial charge < -0.3 is 10.4 Å². The van der Waals surface area contributed by atoms with Crippen molar-refractivity contribution in [3.05, 3.63) is 114 Å². The van der Waals surface area contributed by atoms with Gasteiger partial charge in [-0.1, -0.05) is 72.8 Å². The first-order valence-corrected chi connectivity index (χ1v) is 13.9. The number of halogens is 1. The fourth-order valence-electron chi connectivity index (χ4n) is 5.30. The number of benzene rings is 4. The first-order valence-electron chi connectivity index (χ1n) is 12.4. The Labute approximate surface area is 229 Å². The number of aromatic carboxylic acids is 1. The molecule has 198 valence electrons. The molecule has 0 amide bonds. The Kier molecular flexibility index (Phi) is 8.53. The van der Waals surface area contributed by atoms with Gasteiger partial charge in [-0.25, -0.2) is 13.2 Å². The zero-order chi connectivity index (χ0) is 26.0. The molecule has 0 aromatic heterocycles. The van der Waals surface area contributed by atoms with Crippen LogP contribution in [0.3, 0.4) is 0 Å². The molecule has 0 unspecified atom stereocenters. The van der Waals surface area contributed by atoms with E-state index in [2.05, 4.69) is 54.7 Å². The molecule has 1 aliphatic rings. The van der Waals surface area contributed by atoms with E-state index in [-0.39, 0.29) is 40.7 Å². The van der Waals surface area contributed by atoms with E-state index in [1.165, 1.54) is 44.9 Å². The number of nitrogens with zero attached hydrogens (tertiary/aromatic N) is 1. The third-order valence-electron chi connectivity index (χ3n) is 7.35. The molecule has 4 aromatic carbocycles. The summed E-state index contributed by atoms with van der Waals surface area (Å²) in [6, 6.07) is 30.2. The molecule has 1 heterocycles. The maximum absolute atomic E-state index is 13.5. The predicted octanol–water partition coefficient (Wildman–Crippen LogP) is 5.71. The van der Waals surface area contributed by atoms with Crippen molar-refractivity contribution in [3.63, 3.8) is 0 Å². The van der Waals surface area contributed by atoms with Crippen LogP contribution in [0.5, 0.6) is 0 Å². The van der Waals surface area contributed by atoms with E-state index in [4.69, 9.17) is 5.11 Å². The van der Waals surface area contributed by atoms with E-state index in [0.29, 0.717) is 19.6 Å². The molecular formula is C30H31ClN2O4S. The number of fused-ring (bicyclic) bond motifs is 1. The molecular weight excluding hydrogens is 520 g/mol. The highest BCUT2D eigenvalue weighted by molar-refractivity contribution is 7.89. The number of carboxylic acid groups (broad SMARTS) is 1. The SMILES string of the molecule is C[C@@H](NC[C@H]1CN(S(=O)(=O)c2ccc(C(=O)O)cc2)C[C@@H]1c1ccccc1)c1cccc2ccccc12.Cl. The number of sulfonamides is 1. The Bertz CT molecular complexity index is 1510. The first-order chi connectivity index (χ1) is 17.8. The largest absolute Gasteiger partial charge is 0.478 e. The fraction of sp³-hybridized carbons (Fsp3) is 0.233. The summed E-state index contributed by atoms with van der Waals surface area (Å²) in [6.45, 7) is 3.57. The number of carbonyl (C=O) groups is 1. The molecule has 1 fully saturated rings. The summed E-state index contributed by atoms with van der Waals surface area (Å²) in [7, 11) is -3.76. The van der Waals surface area contributed by atoms with Gasteiger partial charge in [0, 0.05) is 31.6 Å². The lowest BCUT2D eigenvalue weighted by molar-refractivity contribution is 0.0696. The summed E-state index contributed by atoms with van der Waals surface area (Å²) >= 11 is 0. The van der Waals surface area contributed by atoms with Gasteiger partial charge in [0.15, 0.2) is 0 Å².